The van der Waals surface area contributed by atoms with E-state index in [4.69, 9.17) is 10.2 Å². The van der Waals surface area contributed by atoms with Crippen molar-refractivity contribution in [1.29, 1.82) is 0 Å². The van der Waals surface area contributed by atoms with E-state index in [9.17, 15) is 14.4 Å². The summed E-state index contributed by atoms with van der Waals surface area (Å²) < 4.78 is 0. The summed E-state index contributed by atoms with van der Waals surface area (Å²) in [4.78, 5) is 33.4. The van der Waals surface area contributed by atoms with Crippen LogP contribution < -0.4 is 10.6 Å². The van der Waals surface area contributed by atoms with Gasteiger partial charge in [0.25, 0.3) is 0 Å². The van der Waals surface area contributed by atoms with Crippen LogP contribution in [0.4, 0.5) is 4.79 Å². The SMILES string of the molecule is CC1(C)CCCC1NC(=O)N[C@H](CCCC(=O)O)C(=O)O. The van der Waals surface area contributed by atoms with E-state index < -0.39 is 24.0 Å². The zero-order valence-electron chi connectivity index (χ0n) is 12.5. The molecular formula is C14H24N2O5. The minimum atomic E-state index is -1.15. The Kier molecular flexibility index (Phi) is 5.99. The fourth-order valence-electron chi connectivity index (χ4n) is 2.67. The highest BCUT2D eigenvalue weighted by Crippen LogP contribution is 2.37. The molecule has 1 saturated carbocycles. The van der Waals surface area contributed by atoms with E-state index in [0.717, 1.165) is 19.3 Å². The normalized spacial score (nSPS) is 21.5. The number of carbonyl (C=O) groups excluding carboxylic acids is 1. The third-order valence-electron chi connectivity index (χ3n) is 4.05. The van der Waals surface area contributed by atoms with Crippen LogP contribution in [-0.4, -0.2) is 40.3 Å². The molecule has 0 bridgehead atoms. The molecule has 0 aromatic rings. The number of rotatable bonds is 7. The molecular weight excluding hydrogens is 276 g/mol. The summed E-state index contributed by atoms with van der Waals surface area (Å²) in [5.74, 6) is -2.13. The van der Waals surface area contributed by atoms with Crippen molar-refractivity contribution in [3.8, 4) is 0 Å². The van der Waals surface area contributed by atoms with Crippen molar-refractivity contribution in [1.82, 2.24) is 10.6 Å². The van der Waals surface area contributed by atoms with Crippen LogP contribution in [0, 0.1) is 5.41 Å². The maximum Gasteiger partial charge on any atom is 0.326 e. The molecule has 0 spiro atoms. The van der Waals surface area contributed by atoms with E-state index >= 15 is 0 Å². The lowest BCUT2D eigenvalue weighted by molar-refractivity contribution is -0.140. The number of urea groups is 1. The van der Waals surface area contributed by atoms with Gasteiger partial charge in [0, 0.05) is 12.5 Å². The van der Waals surface area contributed by atoms with Crippen molar-refractivity contribution in [3.63, 3.8) is 0 Å². The molecule has 21 heavy (non-hydrogen) atoms. The molecule has 2 amide bonds. The summed E-state index contributed by atoms with van der Waals surface area (Å²) in [5.41, 5.74) is 0.0133. The maximum absolute atomic E-state index is 11.9. The summed E-state index contributed by atoms with van der Waals surface area (Å²) in [6.07, 6.45) is 3.16. The number of carboxylic acids is 2. The number of carboxylic acid groups (broad SMARTS) is 2. The van der Waals surface area contributed by atoms with Crippen molar-refractivity contribution in [2.45, 2.75) is 64.5 Å². The Morgan fingerprint density at radius 2 is 1.95 bits per heavy atom. The average molecular weight is 300 g/mol. The van der Waals surface area contributed by atoms with Gasteiger partial charge in [-0.2, -0.15) is 0 Å². The Morgan fingerprint density at radius 1 is 1.29 bits per heavy atom. The van der Waals surface area contributed by atoms with Gasteiger partial charge >= 0.3 is 18.0 Å². The lowest BCUT2D eigenvalue weighted by atomic mass is 9.87. The van der Waals surface area contributed by atoms with Crippen molar-refractivity contribution in [2.75, 3.05) is 0 Å². The van der Waals surface area contributed by atoms with Crippen LogP contribution in [0.25, 0.3) is 0 Å². The van der Waals surface area contributed by atoms with Crippen molar-refractivity contribution >= 4 is 18.0 Å². The van der Waals surface area contributed by atoms with Gasteiger partial charge in [0.05, 0.1) is 0 Å². The molecule has 0 aliphatic heterocycles. The van der Waals surface area contributed by atoms with Crippen molar-refractivity contribution in [2.24, 2.45) is 5.41 Å². The molecule has 0 heterocycles. The number of nitrogens with one attached hydrogen (secondary N) is 2. The van der Waals surface area contributed by atoms with Gasteiger partial charge in [-0.25, -0.2) is 9.59 Å². The van der Waals surface area contributed by atoms with E-state index in [1.54, 1.807) is 0 Å². The number of carbonyl (C=O) groups is 3. The zero-order valence-corrected chi connectivity index (χ0v) is 12.5. The highest BCUT2D eigenvalue weighted by Gasteiger charge is 2.35. The van der Waals surface area contributed by atoms with Gasteiger partial charge in [0.2, 0.25) is 0 Å². The summed E-state index contributed by atoms with van der Waals surface area (Å²) in [5, 5.41) is 22.8. The van der Waals surface area contributed by atoms with Gasteiger partial charge < -0.3 is 20.8 Å². The molecule has 1 unspecified atom stereocenters. The largest absolute Gasteiger partial charge is 0.481 e. The number of hydrogen-bond acceptors (Lipinski definition) is 3. The molecule has 1 rings (SSSR count). The fourth-order valence-corrected chi connectivity index (χ4v) is 2.67. The smallest absolute Gasteiger partial charge is 0.326 e. The van der Waals surface area contributed by atoms with Gasteiger partial charge in [-0.05, 0) is 31.1 Å². The van der Waals surface area contributed by atoms with Crippen LogP contribution in [0.2, 0.25) is 0 Å². The van der Waals surface area contributed by atoms with Crippen LogP contribution in [0.5, 0.6) is 0 Å². The van der Waals surface area contributed by atoms with Crippen LogP contribution in [0.1, 0.15) is 52.4 Å². The predicted octanol–water partition coefficient (Wildman–Crippen LogP) is 1.57. The van der Waals surface area contributed by atoms with Gasteiger partial charge in [-0.1, -0.05) is 20.3 Å². The molecule has 0 aromatic carbocycles. The van der Waals surface area contributed by atoms with Crippen molar-refractivity contribution < 1.29 is 24.6 Å². The second-order valence-corrected chi connectivity index (χ2v) is 6.23. The van der Waals surface area contributed by atoms with E-state index in [1.807, 2.05) is 0 Å². The summed E-state index contributed by atoms with van der Waals surface area (Å²) in [6.45, 7) is 4.15. The van der Waals surface area contributed by atoms with Crippen LogP contribution in [0.3, 0.4) is 0 Å². The number of amides is 2. The second kappa shape index (κ2) is 7.28. The molecule has 4 N–H and O–H groups in total. The highest BCUT2D eigenvalue weighted by molar-refractivity contribution is 5.82. The number of aliphatic carboxylic acids is 2. The minimum absolute atomic E-state index is 0.0133. The molecule has 0 aromatic heterocycles. The topological polar surface area (TPSA) is 116 Å². The van der Waals surface area contributed by atoms with Gasteiger partial charge in [0.15, 0.2) is 0 Å². The Bertz CT molecular complexity index is 408. The minimum Gasteiger partial charge on any atom is -0.481 e. The molecule has 1 aliphatic carbocycles. The molecule has 0 saturated heterocycles. The predicted molar refractivity (Wildman–Crippen MR) is 76.0 cm³/mol. The standard InChI is InChI=1S/C14H24N2O5/c1-14(2)8-4-6-10(14)16-13(21)15-9(12(19)20)5-3-7-11(17)18/h9-10H,3-8H2,1-2H3,(H,17,18)(H,19,20)(H2,15,16,21)/t9-,10?/m1/s1. The van der Waals surface area contributed by atoms with Crippen LogP contribution in [-0.2, 0) is 9.59 Å². The third kappa shape index (κ3) is 5.61. The Hall–Kier alpha value is -1.79. The molecule has 0 radical (unpaired) electrons. The van der Waals surface area contributed by atoms with E-state index in [1.165, 1.54) is 0 Å². The fraction of sp³-hybridized carbons (Fsp3) is 0.786. The average Bonchev–Trinajstić information content (AvgIpc) is 2.66. The van der Waals surface area contributed by atoms with Crippen LogP contribution in [0.15, 0.2) is 0 Å². The molecule has 7 nitrogen and oxygen atoms in total. The number of hydrogen-bond donors (Lipinski definition) is 4. The lowest BCUT2D eigenvalue weighted by Crippen LogP contribution is -2.51. The Balaban J connectivity index is 2.45. The first kappa shape index (κ1) is 17.3. The Morgan fingerprint density at radius 3 is 2.43 bits per heavy atom. The molecule has 1 aliphatic rings. The van der Waals surface area contributed by atoms with E-state index in [0.29, 0.717) is 0 Å². The summed E-state index contributed by atoms with van der Waals surface area (Å²) in [7, 11) is 0. The summed E-state index contributed by atoms with van der Waals surface area (Å²) >= 11 is 0. The maximum atomic E-state index is 11.9. The van der Waals surface area contributed by atoms with Gasteiger partial charge in [-0.15, -0.1) is 0 Å². The van der Waals surface area contributed by atoms with Gasteiger partial charge in [0.1, 0.15) is 6.04 Å². The highest BCUT2D eigenvalue weighted by atomic mass is 16.4. The van der Waals surface area contributed by atoms with Crippen molar-refractivity contribution in [3.05, 3.63) is 0 Å². The first-order valence-corrected chi connectivity index (χ1v) is 7.24. The quantitative estimate of drug-likeness (QED) is 0.569. The first-order valence-electron chi connectivity index (χ1n) is 7.24. The molecule has 1 fully saturated rings. The molecule has 120 valence electrons. The van der Waals surface area contributed by atoms with Crippen LogP contribution >= 0.6 is 0 Å². The molecule has 2 atom stereocenters. The first-order chi connectivity index (χ1) is 9.72. The lowest BCUT2D eigenvalue weighted by Gasteiger charge is -2.28. The van der Waals surface area contributed by atoms with Gasteiger partial charge in [-0.3, -0.25) is 4.79 Å². The zero-order chi connectivity index (χ0) is 16.0. The monoisotopic (exact) mass is 300 g/mol. The van der Waals surface area contributed by atoms with E-state index in [2.05, 4.69) is 24.5 Å². The Labute approximate surface area is 124 Å². The third-order valence-corrected chi connectivity index (χ3v) is 4.05. The van der Waals surface area contributed by atoms with E-state index in [-0.39, 0.29) is 30.7 Å². The summed E-state index contributed by atoms with van der Waals surface area (Å²) in [6, 6.07) is -1.53. The second-order valence-electron chi connectivity index (χ2n) is 6.23. The molecule has 7 heteroatoms.